The summed E-state index contributed by atoms with van der Waals surface area (Å²) in [4.78, 5) is 2.40. The van der Waals surface area contributed by atoms with E-state index in [1.165, 1.54) is 17.0 Å². The van der Waals surface area contributed by atoms with Crippen LogP contribution in [0, 0.1) is 12.7 Å². The van der Waals surface area contributed by atoms with E-state index in [1.54, 1.807) is 11.3 Å². The molecule has 96 valence electrons. The first-order valence-corrected chi connectivity index (χ1v) is 7.17. The van der Waals surface area contributed by atoms with Crippen LogP contribution in [0.1, 0.15) is 21.4 Å². The Morgan fingerprint density at radius 2 is 2.17 bits per heavy atom. The van der Waals surface area contributed by atoms with Crippen molar-refractivity contribution in [1.82, 2.24) is 5.43 Å². The smallest absolute Gasteiger partial charge is 0.124 e. The quantitative estimate of drug-likeness (QED) is 0.663. The predicted molar refractivity (Wildman–Crippen MR) is 76.9 cm³/mol. The van der Waals surface area contributed by atoms with Crippen LogP contribution in [0.2, 0.25) is 0 Å². The zero-order valence-corrected chi connectivity index (χ0v) is 12.3. The summed E-state index contributed by atoms with van der Waals surface area (Å²) in [7, 11) is 0. The van der Waals surface area contributed by atoms with Gasteiger partial charge in [-0.15, -0.1) is 11.3 Å². The standard InChI is InChI=1S/C13H14BrFN2S/c1-8-2-3-13(18-8)12(17-16)6-9-4-10(14)7-11(15)5-9/h2-5,7,12,17H,6,16H2,1H3. The van der Waals surface area contributed by atoms with E-state index in [2.05, 4.69) is 40.4 Å². The van der Waals surface area contributed by atoms with Gasteiger partial charge in [-0.2, -0.15) is 0 Å². The molecule has 3 N–H and O–H groups in total. The molecule has 0 saturated carbocycles. The largest absolute Gasteiger partial charge is 0.271 e. The van der Waals surface area contributed by atoms with Crippen LogP contribution in [0.5, 0.6) is 0 Å². The lowest BCUT2D eigenvalue weighted by Gasteiger charge is -2.14. The third kappa shape index (κ3) is 3.38. The SMILES string of the molecule is Cc1ccc(C(Cc2cc(F)cc(Br)c2)NN)s1. The van der Waals surface area contributed by atoms with Crippen LogP contribution in [-0.2, 0) is 6.42 Å². The van der Waals surface area contributed by atoms with Gasteiger partial charge in [0.2, 0.25) is 0 Å². The van der Waals surface area contributed by atoms with Crippen molar-refractivity contribution in [3.8, 4) is 0 Å². The summed E-state index contributed by atoms with van der Waals surface area (Å²) in [6, 6.07) is 9.02. The predicted octanol–water partition coefficient (Wildman–Crippen LogP) is 3.71. The minimum Gasteiger partial charge on any atom is -0.271 e. The maximum Gasteiger partial charge on any atom is 0.124 e. The Kier molecular flexibility index (Phi) is 4.50. The summed E-state index contributed by atoms with van der Waals surface area (Å²) < 4.78 is 14.1. The fourth-order valence-corrected chi connectivity index (χ4v) is 3.30. The minimum absolute atomic E-state index is 0.0115. The highest BCUT2D eigenvalue weighted by Gasteiger charge is 2.13. The minimum atomic E-state index is -0.238. The number of hydrazine groups is 1. The van der Waals surface area contributed by atoms with Crippen LogP contribution in [0.4, 0.5) is 4.39 Å². The molecule has 1 aromatic carbocycles. The Balaban J connectivity index is 2.20. The van der Waals surface area contributed by atoms with E-state index in [1.807, 2.05) is 6.07 Å². The number of nitrogens with two attached hydrogens (primary N) is 1. The molecule has 2 aromatic rings. The van der Waals surface area contributed by atoms with Crippen molar-refractivity contribution in [2.45, 2.75) is 19.4 Å². The monoisotopic (exact) mass is 328 g/mol. The molecule has 0 spiro atoms. The summed E-state index contributed by atoms with van der Waals surface area (Å²) in [6.07, 6.45) is 0.660. The van der Waals surface area contributed by atoms with Crippen LogP contribution < -0.4 is 11.3 Å². The van der Waals surface area contributed by atoms with Crippen molar-refractivity contribution in [2.24, 2.45) is 5.84 Å². The molecule has 2 nitrogen and oxygen atoms in total. The molecule has 2 rings (SSSR count). The molecule has 0 saturated heterocycles. The molecule has 0 aliphatic rings. The van der Waals surface area contributed by atoms with Gasteiger partial charge in [-0.05, 0) is 49.2 Å². The molecule has 0 amide bonds. The molecule has 18 heavy (non-hydrogen) atoms. The lowest BCUT2D eigenvalue weighted by atomic mass is 10.1. The summed E-state index contributed by atoms with van der Waals surface area (Å²) in [5.41, 5.74) is 3.70. The van der Waals surface area contributed by atoms with Gasteiger partial charge < -0.3 is 0 Å². The second-order valence-electron chi connectivity index (χ2n) is 4.15. The molecular weight excluding hydrogens is 315 g/mol. The van der Waals surface area contributed by atoms with E-state index in [0.29, 0.717) is 6.42 Å². The van der Waals surface area contributed by atoms with Crippen molar-refractivity contribution in [3.63, 3.8) is 0 Å². The number of halogens is 2. The van der Waals surface area contributed by atoms with Gasteiger partial charge in [-0.25, -0.2) is 4.39 Å². The van der Waals surface area contributed by atoms with E-state index in [9.17, 15) is 4.39 Å². The average molecular weight is 329 g/mol. The van der Waals surface area contributed by atoms with Crippen molar-refractivity contribution >= 4 is 27.3 Å². The number of thiophene rings is 1. The zero-order chi connectivity index (χ0) is 13.1. The summed E-state index contributed by atoms with van der Waals surface area (Å²) in [6.45, 7) is 2.06. The number of benzene rings is 1. The third-order valence-electron chi connectivity index (χ3n) is 2.67. The highest BCUT2D eigenvalue weighted by molar-refractivity contribution is 9.10. The topological polar surface area (TPSA) is 38.0 Å². The number of nitrogens with one attached hydrogen (secondary N) is 1. The number of hydrogen-bond acceptors (Lipinski definition) is 3. The molecule has 1 aromatic heterocycles. The average Bonchev–Trinajstić information content (AvgIpc) is 2.71. The summed E-state index contributed by atoms with van der Waals surface area (Å²) in [5.74, 6) is 5.35. The maximum atomic E-state index is 13.3. The molecule has 0 radical (unpaired) electrons. The molecule has 0 bridgehead atoms. The highest BCUT2D eigenvalue weighted by atomic mass is 79.9. The maximum absolute atomic E-state index is 13.3. The Labute approximate surface area is 118 Å². The van der Waals surface area contributed by atoms with Crippen LogP contribution in [0.25, 0.3) is 0 Å². The Morgan fingerprint density at radius 3 is 2.72 bits per heavy atom. The van der Waals surface area contributed by atoms with Crippen molar-refractivity contribution < 1.29 is 4.39 Å². The molecule has 0 aliphatic heterocycles. The molecule has 1 atom stereocenters. The molecule has 0 fully saturated rings. The van der Waals surface area contributed by atoms with E-state index in [-0.39, 0.29) is 11.9 Å². The molecule has 1 heterocycles. The Hall–Kier alpha value is -0.750. The number of rotatable bonds is 4. The number of aryl methyl sites for hydroxylation is 1. The van der Waals surface area contributed by atoms with Gasteiger partial charge in [-0.1, -0.05) is 15.9 Å². The lowest BCUT2D eigenvalue weighted by molar-refractivity contribution is 0.556. The van der Waals surface area contributed by atoms with Crippen molar-refractivity contribution in [2.75, 3.05) is 0 Å². The van der Waals surface area contributed by atoms with Gasteiger partial charge >= 0.3 is 0 Å². The van der Waals surface area contributed by atoms with Gasteiger partial charge in [0.15, 0.2) is 0 Å². The molecule has 0 aliphatic carbocycles. The highest BCUT2D eigenvalue weighted by Crippen LogP contribution is 2.26. The second kappa shape index (κ2) is 5.93. The first kappa shape index (κ1) is 13.7. The van der Waals surface area contributed by atoms with E-state index in [4.69, 9.17) is 5.84 Å². The normalized spacial score (nSPS) is 12.7. The van der Waals surface area contributed by atoms with Crippen LogP contribution in [0.15, 0.2) is 34.8 Å². The van der Waals surface area contributed by atoms with Crippen molar-refractivity contribution in [1.29, 1.82) is 0 Å². The lowest BCUT2D eigenvalue weighted by Crippen LogP contribution is -2.28. The van der Waals surface area contributed by atoms with Gasteiger partial charge in [0.25, 0.3) is 0 Å². The van der Waals surface area contributed by atoms with Gasteiger partial charge in [0.05, 0.1) is 6.04 Å². The van der Waals surface area contributed by atoms with Gasteiger partial charge in [-0.3, -0.25) is 11.3 Å². The zero-order valence-electron chi connectivity index (χ0n) is 9.91. The third-order valence-corrected chi connectivity index (χ3v) is 4.24. The van der Waals surface area contributed by atoms with E-state index >= 15 is 0 Å². The van der Waals surface area contributed by atoms with Gasteiger partial charge in [0, 0.05) is 14.2 Å². The second-order valence-corrected chi connectivity index (χ2v) is 6.38. The van der Waals surface area contributed by atoms with Gasteiger partial charge in [0.1, 0.15) is 5.82 Å². The Morgan fingerprint density at radius 1 is 1.39 bits per heavy atom. The first-order valence-electron chi connectivity index (χ1n) is 5.56. The summed E-state index contributed by atoms with van der Waals surface area (Å²) >= 11 is 5.00. The fraction of sp³-hybridized carbons (Fsp3) is 0.231. The molecule has 1 unspecified atom stereocenters. The Bertz CT molecular complexity index is 521. The molecule has 5 heteroatoms. The summed E-state index contributed by atoms with van der Waals surface area (Å²) in [5, 5.41) is 0. The number of hydrogen-bond donors (Lipinski definition) is 2. The first-order chi connectivity index (χ1) is 8.58. The van der Waals surface area contributed by atoms with Crippen LogP contribution in [-0.4, -0.2) is 0 Å². The van der Waals surface area contributed by atoms with E-state index in [0.717, 1.165) is 14.9 Å². The van der Waals surface area contributed by atoms with Crippen molar-refractivity contribution in [3.05, 3.63) is 55.9 Å². The van der Waals surface area contributed by atoms with Crippen LogP contribution in [0.3, 0.4) is 0 Å². The van der Waals surface area contributed by atoms with E-state index < -0.39 is 0 Å². The molecular formula is C13H14BrFN2S. The fourth-order valence-electron chi connectivity index (χ4n) is 1.85. The van der Waals surface area contributed by atoms with Crippen LogP contribution >= 0.6 is 27.3 Å².